The number of halogens is 4. The van der Waals surface area contributed by atoms with Crippen molar-refractivity contribution in [1.82, 2.24) is 4.98 Å². The number of fused-ring (bicyclic) bond motifs is 1. The quantitative estimate of drug-likeness (QED) is 0.207. The zero-order valence-corrected chi connectivity index (χ0v) is 20.4. The lowest BCUT2D eigenvalue weighted by Gasteiger charge is -2.13. The van der Waals surface area contributed by atoms with Gasteiger partial charge in [0, 0.05) is 17.1 Å². The fourth-order valence-corrected chi connectivity index (χ4v) is 5.50. The highest BCUT2D eigenvalue weighted by Gasteiger charge is 2.33. The highest BCUT2D eigenvalue weighted by Crippen LogP contribution is 2.38. The number of benzene rings is 4. The standard InChI is InChI=1S/C29H19F4NO3S/c30-27-10-2-1-5-20(27)18-38(35,36)23-13-11-21(12-14-23)37-22-7-3-6-19(17-22)24-15-16-34-28-25(24)8-4-9-26(28)29(31,32)33/h1-17H,18H2. The van der Waals surface area contributed by atoms with Crippen LogP contribution in [0.4, 0.5) is 17.6 Å². The van der Waals surface area contributed by atoms with Gasteiger partial charge in [0.1, 0.15) is 17.3 Å². The molecule has 0 saturated carbocycles. The van der Waals surface area contributed by atoms with E-state index >= 15 is 0 Å². The predicted octanol–water partition coefficient (Wildman–Crippen LogP) is 7.83. The molecular formula is C29H19F4NO3S. The molecule has 0 spiro atoms. The van der Waals surface area contributed by atoms with Crippen molar-refractivity contribution in [2.24, 2.45) is 0 Å². The van der Waals surface area contributed by atoms with Gasteiger partial charge in [-0.2, -0.15) is 13.2 Å². The molecule has 0 N–H and O–H groups in total. The molecule has 38 heavy (non-hydrogen) atoms. The van der Waals surface area contributed by atoms with Crippen molar-refractivity contribution >= 4 is 20.7 Å². The van der Waals surface area contributed by atoms with Gasteiger partial charge in [0.05, 0.1) is 21.7 Å². The number of sulfone groups is 1. The van der Waals surface area contributed by atoms with Gasteiger partial charge >= 0.3 is 6.18 Å². The van der Waals surface area contributed by atoms with Crippen LogP contribution in [0, 0.1) is 5.82 Å². The number of ether oxygens (including phenoxy) is 1. The Morgan fingerprint density at radius 2 is 1.53 bits per heavy atom. The van der Waals surface area contributed by atoms with Crippen LogP contribution in [-0.4, -0.2) is 13.4 Å². The van der Waals surface area contributed by atoms with Crippen molar-refractivity contribution in [1.29, 1.82) is 0 Å². The maximum absolute atomic E-state index is 13.9. The van der Waals surface area contributed by atoms with Crippen molar-refractivity contribution in [3.8, 4) is 22.6 Å². The average Bonchev–Trinajstić information content (AvgIpc) is 2.89. The van der Waals surface area contributed by atoms with Gasteiger partial charge in [-0.15, -0.1) is 0 Å². The Labute approximate surface area is 216 Å². The van der Waals surface area contributed by atoms with E-state index in [2.05, 4.69) is 4.98 Å². The van der Waals surface area contributed by atoms with E-state index in [4.69, 9.17) is 4.74 Å². The Kier molecular flexibility index (Phi) is 6.62. The van der Waals surface area contributed by atoms with Crippen molar-refractivity contribution in [2.45, 2.75) is 16.8 Å². The number of hydrogen-bond acceptors (Lipinski definition) is 4. The minimum atomic E-state index is -4.54. The summed E-state index contributed by atoms with van der Waals surface area (Å²) in [5, 5.41) is 0.351. The lowest BCUT2D eigenvalue weighted by atomic mass is 9.99. The number of alkyl halides is 3. The van der Waals surface area contributed by atoms with Crippen LogP contribution in [-0.2, 0) is 21.8 Å². The molecule has 4 aromatic carbocycles. The van der Waals surface area contributed by atoms with Gasteiger partial charge in [-0.05, 0) is 65.7 Å². The Hall–Kier alpha value is -4.24. The number of nitrogens with zero attached hydrogens (tertiary/aromatic N) is 1. The van der Waals surface area contributed by atoms with Crippen LogP contribution in [0.5, 0.6) is 11.5 Å². The minimum Gasteiger partial charge on any atom is -0.457 e. The van der Waals surface area contributed by atoms with E-state index in [1.54, 1.807) is 42.5 Å². The molecule has 192 valence electrons. The fraction of sp³-hybridized carbons (Fsp3) is 0.0690. The van der Waals surface area contributed by atoms with Crippen LogP contribution >= 0.6 is 0 Å². The number of para-hydroxylation sites is 1. The third-order valence-corrected chi connectivity index (χ3v) is 7.62. The van der Waals surface area contributed by atoms with Gasteiger partial charge in [-0.3, -0.25) is 4.98 Å². The van der Waals surface area contributed by atoms with E-state index in [1.165, 1.54) is 54.7 Å². The molecule has 9 heteroatoms. The predicted molar refractivity (Wildman–Crippen MR) is 136 cm³/mol. The summed E-state index contributed by atoms with van der Waals surface area (Å²) in [4.78, 5) is 3.98. The Balaban J connectivity index is 1.40. The molecule has 0 fully saturated rings. The smallest absolute Gasteiger partial charge is 0.418 e. The van der Waals surface area contributed by atoms with E-state index in [1.807, 2.05) is 0 Å². The van der Waals surface area contributed by atoms with Crippen molar-refractivity contribution < 1.29 is 30.7 Å². The van der Waals surface area contributed by atoms with E-state index < -0.39 is 33.1 Å². The molecule has 0 saturated heterocycles. The average molecular weight is 538 g/mol. The van der Waals surface area contributed by atoms with E-state index in [0.29, 0.717) is 28.0 Å². The largest absolute Gasteiger partial charge is 0.457 e. The molecule has 0 radical (unpaired) electrons. The van der Waals surface area contributed by atoms with E-state index in [9.17, 15) is 26.0 Å². The molecule has 5 rings (SSSR count). The second-order valence-corrected chi connectivity index (χ2v) is 10.5. The highest BCUT2D eigenvalue weighted by molar-refractivity contribution is 7.90. The van der Waals surface area contributed by atoms with Crippen molar-refractivity contribution in [3.05, 3.63) is 120 Å². The number of aromatic nitrogens is 1. The lowest BCUT2D eigenvalue weighted by molar-refractivity contribution is -0.136. The summed E-state index contributed by atoms with van der Waals surface area (Å²) in [5.41, 5.74) is 0.306. The molecule has 0 aliphatic carbocycles. The SMILES string of the molecule is O=S(=O)(Cc1ccccc1F)c1ccc(Oc2cccc(-c3ccnc4c(C(F)(F)F)cccc34)c2)cc1. The molecular weight excluding hydrogens is 518 g/mol. The van der Waals surface area contributed by atoms with Gasteiger partial charge in [-0.1, -0.05) is 42.5 Å². The molecule has 0 aliphatic heterocycles. The van der Waals surface area contributed by atoms with Gasteiger partial charge in [0.15, 0.2) is 9.84 Å². The second-order valence-electron chi connectivity index (χ2n) is 8.51. The lowest BCUT2D eigenvalue weighted by Crippen LogP contribution is -2.06. The number of hydrogen-bond donors (Lipinski definition) is 0. The molecule has 0 amide bonds. The van der Waals surface area contributed by atoms with Crippen LogP contribution in [0.15, 0.2) is 108 Å². The highest BCUT2D eigenvalue weighted by atomic mass is 32.2. The summed E-state index contributed by atoms with van der Waals surface area (Å²) < 4.78 is 85.7. The Morgan fingerprint density at radius 3 is 2.26 bits per heavy atom. The first kappa shape index (κ1) is 25.4. The van der Waals surface area contributed by atoms with Crippen LogP contribution in [0.25, 0.3) is 22.0 Å². The zero-order valence-electron chi connectivity index (χ0n) is 19.6. The van der Waals surface area contributed by atoms with Crippen LogP contribution in [0.3, 0.4) is 0 Å². The van der Waals surface area contributed by atoms with E-state index in [-0.39, 0.29) is 16.0 Å². The first-order valence-electron chi connectivity index (χ1n) is 11.4. The van der Waals surface area contributed by atoms with Crippen LogP contribution in [0.2, 0.25) is 0 Å². The monoisotopic (exact) mass is 537 g/mol. The van der Waals surface area contributed by atoms with Crippen LogP contribution in [0.1, 0.15) is 11.1 Å². The zero-order chi connectivity index (χ0) is 26.9. The molecule has 0 unspecified atom stereocenters. The maximum Gasteiger partial charge on any atom is 0.418 e. The fourth-order valence-electron chi connectivity index (χ4n) is 4.14. The number of pyridine rings is 1. The summed E-state index contributed by atoms with van der Waals surface area (Å²) >= 11 is 0. The first-order chi connectivity index (χ1) is 18.1. The van der Waals surface area contributed by atoms with Crippen LogP contribution < -0.4 is 4.74 Å². The third kappa shape index (κ3) is 5.24. The summed E-state index contributed by atoms with van der Waals surface area (Å²) in [7, 11) is -3.78. The summed E-state index contributed by atoms with van der Waals surface area (Å²) in [6.07, 6.45) is -3.20. The van der Waals surface area contributed by atoms with Gasteiger partial charge in [0.2, 0.25) is 0 Å². The summed E-state index contributed by atoms with van der Waals surface area (Å²) in [6.45, 7) is 0. The Morgan fingerprint density at radius 1 is 0.789 bits per heavy atom. The van der Waals surface area contributed by atoms with Gasteiger partial charge in [0.25, 0.3) is 0 Å². The maximum atomic E-state index is 13.9. The number of rotatable bonds is 6. The topological polar surface area (TPSA) is 56.3 Å². The van der Waals surface area contributed by atoms with Crippen molar-refractivity contribution in [2.75, 3.05) is 0 Å². The summed E-state index contributed by atoms with van der Waals surface area (Å²) in [5.74, 6) is -0.308. The van der Waals surface area contributed by atoms with Crippen molar-refractivity contribution in [3.63, 3.8) is 0 Å². The minimum absolute atomic E-state index is 0.0191. The third-order valence-electron chi connectivity index (χ3n) is 5.94. The second kappa shape index (κ2) is 9.90. The normalized spacial score (nSPS) is 12.0. The Bertz CT molecular complexity index is 1730. The van der Waals surface area contributed by atoms with Gasteiger partial charge in [-0.25, -0.2) is 12.8 Å². The molecule has 1 heterocycles. The first-order valence-corrected chi connectivity index (χ1v) is 13.1. The summed E-state index contributed by atoms with van der Waals surface area (Å²) in [6, 6.07) is 23.8. The molecule has 0 aliphatic rings. The van der Waals surface area contributed by atoms with E-state index in [0.717, 1.165) is 6.07 Å². The molecule has 0 atom stereocenters. The van der Waals surface area contributed by atoms with Gasteiger partial charge < -0.3 is 4.74 Å². The molecule has 0 bridgehead atoms. The molecule has 5 aromatic rings. The molecule has 4 nitrogen and oxygen atoms in total. The molecule has 1 aromatic heterocycles.